The molecule has 3 heteroatoms. The Kier molecular flexibility index (Phi) is 3.97. The van der Waals surface area contributed by atoms with Crippen LogP contribution in [0, 0.1) is 11.8 Å². The number of hydrogen-bond acceptors (Lipinski definition) is 2. The van der Waals surface area contributed by atoms with E-state index >= 15 is 0 Å². The molecule has 1 saturated carbocycles. The third-order valence-corrected chi connectivity index (χ3v) is 4.52. The van der Waals surface area contributed by atoms with Crippen LogP contribution in [0.2, 0.25) is 0 Å². The first-order chi connectivity index (χ1) is 8.15. The van der Waals surface area contributed by atoms with Crippen molar-refractivity contribution >= 4 is 15.9 Å². The molecule has 0 heterocycles. The molecular formula is C14H19BrO2. The van der Waals surface area contributed by atoms with Gasteiger partial charge in [0, 0.05) is 4.83 Å². The smallest absolute Gasteiger partial charge is 0.160 e. The molecule has 0 radical (unpaired) electrons. The van der Waals surface area contributed by atoms with Crippen molar-refractivity contribution in [2.75, 3.05) is 14.2 Å². The highest BCUT2D eigenvalue weighted by atomic mass is 79.9. The van der Waals surface area contributed by atoms with E-state index in [9.17, 15) is 0 Å². The molecule has 94 valence electrons. The van der Waals surface area contributed by atoms with E-state index < -0.39 is 0 Å². The topological polar surface area (TPSA) is 18.5 Å². The molecule has 3 atom stereocenters. The summed E-state index contributed by atoms with van der Waals surface area (Å²) in [7, 11) is 3.34. The first-order valence-electron chi connectivity index (χ1n) is 6.00. The van der Waals surface area contributed by atoms with Crippen LogP contribution >= 0.6 is 15.9 Å². The maximum atomic E-state index is 5.32. The van der Waals surface area contributed by atoms with Gasteiger partial charge in [-0.25, -0.2) is 0 Å². The normalized spacial score (nSPS) is 24.2. The molecule has 2 rings (SSSR count). The summed E-state index contributed by atoms with van der Waals surface area (Å²) in [5.74, 6) is 3.32. The highest BCUT2D eigenvalue weighted by molar-refractivity contribution is 9.09. The van der Waals surface area contributed by atoms with Crippen LogP contribution in [0.25, 0.3) is 0 Å². The zero-order chi connectivity index (χ0) is 12.4. The molecule has 0 spiro atoms. The molecule has 1 aromatic carbocycles. The maximum Gasteiger partial charge on any atom is 0.160 e. The highest BCUT2D eigenvalue weighted by Crippen LogP contribution is 2.44. The predicted molar refractivity (Wildman–Crippen MR) is 73.2 cm³/mol. The quantitative estimate of drug-likeness (QED) is 0.772. The summed E-state index contributed by atoms with van der Waals surface area (Å²) < 4.78 is 10.6. The van der Waals surface area contributed by atoms with E-state index in [-0.39, 0.29) is 0 Å². The van der Waals surface area contributed by atoms with Crippen LogP contribution in [0.4, 0.5) is 0 Å². The Morgan fingerprint density at radius 3 is 2.47 bits per heavy atom. The van der Waals surface area contributed by atoms with E-state index in [0.717, 1.165) is 29.8 Å². The van der Waals surface area contributed by atoms with E-state index in [1.165, 1.54) is 12.0 Å². The van der Waals surface area contributed by atoms with Gasteiger partial charge in [0.05, 0.1) is 14.2 Å². The lowest BCUT2D eigenvalue weighted by molar-refractivity contribution is 0.354. The van der Waals surface area contributed by atoms with Gasteiger partial charge < -0.3 is 9.47 Å². The molecule has 1 aliphatic rings. The standard InChI is InChI=1S/C14H19BrO2/c1-9-6-11(9)12(15)7-10-4-5-13(16-2)14(8-10)17-3/h4-5,8-9,11-12H,6-7H2,1-3H3. The van der Waals surface area contributed by atoms with Gasteiger partial charge in [-0.2, -0.15) is 0 Å². The molecule has 3 unspecified atom stereocenters. The summed E-state index contributed by atoms with van der Waals surface area (Å²) >= 11 is 3.79. The minimum atomic E-state index is 0.579. The van der Waals surface area contributed by atoms with Crippen molar-refractivity contribution in [3.8, 4) is 11.5 Å². The van der Waals surface area contributed by atoms with Gasteiger partial charge in [0.2, 0.25) is 0 Å². The van der Waals surface area contributed by atoms with Crippen molar-refractivity contribution in [3.05, 3.63) is 23.8 Å². The molecule has 0 saturated heterocycles. The van der Waals surface area contributed by atoms with Crippen molar-refractivity contribution in [1.82, 2.24) is 0 Å². The predicted octanol–water partition coefficient (Wildman–Crippen LogP) is 3.67. The van der Waals surface area contributed by atoms with Crippen molar-refractivity contribution in [2.24, 2.45) is 11.8 Å². The molecule has 0 amide bonds. The van der Waals surface area contributed by atoms with E-state index in [4.69, 9.17) is 9.47 Å². The van der Waals surface area contributed by atoms with Crippen LogP contribution in [0.1, 0.15) is 18.9 Å². The number of benzene rings is 1. The summed E-state index contributed by atoms with van der Waals surface area (Å²) in [5, 5.41) is 0. The van der Waals surface area contributed by atoms with E-state index in [2.05, 4.69) is 35.0 Å². The van der Waals surface area contributed by atoms with E-state index in [0.29, 0.717) is 4.83 Å². The number of methoxy groups -OCH3 is 2. The average Bonchev–Trinajstić information content (AvgIpc) is 3.06. The van der Waals surface area contributed by atoms with Gasteiger partial charge in [-0.05, 0) is 42.4 Å². The van der Waals surface area contributed by atoms with Gasteiger partial charge >= 0.3 is 0 Å². The summed E-state index contributed by atoms with van der Waals surface area (Å²) in [6.45, 7) is 2.31. The molecule has 0 aromatic heterocycles. The van der Waals surface area contributed by atoms with Crippen LogP contribution in [0.15, 0.2) is 18.2 Å². The molecule has 0 N–H and O–H groups in total. The van der Waals surface area contributed by atoms with Crippen LogP contribution < -0.4 is 9.47 Å². The van der Waals surface area contributed by atoms with Gasteiger partial charge in [0.15, 0.2) is 11.5 Å². The maximum absolute atomic E-state index is 5.32. The zero-order valence-corrected chi connectivity index (χ0v) is 12.2. The zero-order valence-electron chi connectivity index (χ0n) is 10.6. The Bertz CT molecular complexity index is 392. The number of hydrogen-bond donors (Lipinski definition) is 0. The Labute approximate surface area is 111 Å². The highest BCUT2D eigenvalue weighted by Gasteiger charge is 2.37. The SMILES string of the molecule is COc1ccc(CC(Br)C2CC2C)cc1OC. The number of ether oxygens (including phenoxy) is 2. The fraction of sp³-hybridized carbons (Fsp3) is 0.571. The van der Waals surface area contributed by atoms with Crippen molar-refractivity contribution < 1.29 is 9.47 Å². The second-order valence-electron chi connectivity index (χ2n) is 4.79. The Hall–Kier alpha value is -0.700. The van der Waals surface area contributed by atoms with Crippen LogP contribution in [0.5, 0.6) is 11.5 Å². The molecule has 0 bridgehead atoms. The molecule has 0 aliphatic heterocycles. The summed E-state index contributed by atoms with van der Waals surface area (Å²) in [6, 6.07) is 6.16. The van der Waals surface area contributed by atoms with Crippen molar-refractivity contribution in [1.29, 1.82) is 0 Å². The molecule has 1 aromatic rings. The van der Waals surface area contributed by atoms with E-state index in [1.54, 1.807) is 14.2 Å². The van der Waals surface area contributed by atoms with Crippen LogP contribution in [-0.2, 0) is 6.42 Å². The first kappa shape index (κ1) is 12.7. The van der Waals surface area contributed by atoms with Crippen LogP contribution in [0.3, 0.4) is 0 Å². The monoisotopic (exact) mass is 298 g/mol. The lowest BCUT2D eigenvalue weighted by Crippen LogP contribution is -2.06. The first-order valence-corrected chi connectivity index (χ1v) is 6.92. The lowest BCUT2D eigenvalue weighted by atomic mass is 10.1. The number of alkyl halides is 1. The van der Waals surface area contributed by atoms with Crippen molar-refractivity contribution in [3.63, 3.8) is 0 Å². The second kappa shape index (κ2) is 5.30. The average molecular weight is 299 g/mol. The summed E-state index contributed by atoms with van der Waals surface area (Å²) in [4.78, 5) is 0.579. The van der Waals surface area contributed by atoms with Gasteiger partial charge in [-0.1, -0.05) is 28.9 Å². The third kappa shape index (κ3) is 2.95. The molecule has 1 aliphatic carbocycles. The lowest BCUT2D eigenvalue weighted by Gasteiger charge is -2.12. The van der Waals surface area contributed by atoms with E-state index in [1.807, 2.05) is 6.07 Å². The summed E-state index contributed by atoms with van der Waals surface area (Å²) in [6.07, 6.45) is 2.40. The fourth-order valence-corrected chi connectivity index (χ4v) is 3.35. The Morgan fingerprint density at radius 1 is 1.29 bits per heavy atom. The van der Waals surface area contributed by atoms with Gasteiger partial charge in [-0.3, -0.25) is 0 Å². The Balaban J connectivity index is 2.05. The number of rotatable bonds is 5. The fourth-order valence-electron chi connectivity index (χ4n) is 2.24. The largest absolute Gasteiger partial charge is 0.493 e. The van der Waals surface area contributed by atoms with Crippen molar-refractivity contribution in [2.45, 2.75) is 24.6 Å². The van der Waals surface area contributed by atoms with Crippen LogP contribution in [-0.4, -0.2) is 19.0 Å². The third-order valence-electron chi connectivity index (χ3n) is 3.51. The molecule has 17 heavy (non-hydrogen) atoms. The minimum absolute atomic E-state index is 0.579. The second-order valence-corrected chi connectivity index (χ2v) is 5.96. The molecular weight excluding hydrogens is 280 g/mol. The van der Waals surface area contributed by atoms with Gasteiger partial charge in [0.1, 0.15) is 0 Å². The summed E-state index contributed by atoms with van der Waals surface area (Å²) in [5.41, 5.74) is 1.30. The molecule has 2 nitrogen and oxygen atoms in total. The Morgan fingerprint density at radius 2 is 1.94 bits per heavy atom. The van der Waals surface area contributed by atoms with Gasteiger partial charge in [0.25, 0.3) is 0 Å². The number of halogens is 1. The minimum Gasteiger partial charge on any atom is -0.493 e. The molecule has 1 fully saturated rings. The van der Waals surface area contributed by atoms with Gasteiger partial charge in [-0.15, -0.1) is 0 Å².